The van der Waals surface area contributed by atoms with Gasteiger partial charge in [-0.3, -0.25) is 0 Å². The molecule has 1 rings (SSSR count). The molecule has 14 heavy (non-hydrogen) atoms. The Balaban J connectivity index is 0. The molecule has 78 valence electrons. The Morgan fingerprint density at radius 2 is 1.64 bits per heavy atom. The number of aryl methyl sites for hydroxylation is 1. The summed E-state index contributed by atoms with van der Waals surface area (Å²) in [6.07, 6.45) is 1.14. The van der Waals surface area contributed by atoms with Crippen molar-refractivity contribution >= 4 is 5.87 Å². The van der Waals surface area contributed by atoms with Crippen LogP contribution in [0.15, 0.2) is 41.9 Å². The smallest absolute Gasteiger partial charge is 0.0371 e. The maximum Gasteiger partial charge on any atom is 0.0371 e. The minimum Gasteiger partial charge on any atom is -0.247 e. The molecule has 0 atom stereocenters. The zero-order valence-electron chi connectivity index (χ0n) is 9.75. The van der Waals surface area contributed by atoms with Crippen molar-refractivity contribution in [2.45, 2.75) is 27.2 Å². The molecule has 1 aromatic carbocycles. The molecule has 0 N–H and O–H groups in total. The summed E-state index contributed by atoms with van der Waals surface area (Å²) >= 11 is 0. The Kier molecular flexibility index (Phi) is 15.4. The van der Waals surface area contributed by atoms with Gasteiger partial charge in [-0.25, -0.2) is 4.99 Å². The van der Waals surface area contributed by atoms with Gasteiger partial charge in [-0.05, 0) is 24.4 Å². The molecule has 0 aliphatic heterocycles. The largest absolute Gasteiger partial charge is 0.247 e. The normalized spacial score (nSPS) is 6.86. The fourth-order valence-corrected chi connectivity index (χ4v) is 0.714. The van der Waals surface area contributed by atoms with E-state index in [4.69, 9.17) is 0 Å². The van der Waals surface area contributed by atoms with E-state index in [1.54, 1.807) is 7.05 Å². The highest BCUT2D eigenvalue weighted by molar-refractivity contribution is 5.45. The van der Waals surface area contributed by atoms with E-state index in [1.165, 1.54) is 5.56 Å². The zero-order chi connectivity index (χ0) is 11.2. The summed E-state index contributed by atoms with van der Waals surface area (Å²) in [6.45, 7) is 9.35. The number of benzene rings is 1. The van der Waals surface area contributed by atoms with Crippen LogP contribution in [0.1, 0.15) is 26.3 Å². The molecule has 1 nitrogen and oxygen atoms in total. The van der Waals surface area contributed by atoms with Gasteiger partial charge in [-0.1, -0.05) is 51.1 Å². The van der Waals surface area contributed by atoms with Crippen molar-refractivity contribution in [2.75, 3.05) is 7.05 Å². The van der Waals surface area contributed by atoms with Crippen molar-refractivity contribution in [1.29, 1.82) is 0 Å². The van der Waals surface area contributed by atoms with E-state index in [-0.39, 0.29) is 0 Å². The van der Waals surface area contributed by atoms with E-state index in [1.807, 2.05) is 19.9 Å². The summed E-state index contributed by atoms with van der Waals surface area (Å²) in [5.74, 6) is 2.31. The number of rotatable bonds is 1. The summed E-state index contributed by atoms with van der Waals surface area (Å²) in [4.78, 5) is 3.38. The van der Waals surface area contributed by atoms with Crippen molar-refractivity contribution in [3.8, 4) is 0 Å². The van der Waals surface area contributed by atoms with Crippen LogP contribution in [-0.4, -0.2) is 12.9 Å². The zero-order valence-corrected chi connectivity index (χ0v) is 9.75. The Labute approximate surface area is 88.2 Å². The molecular formula is C13H21N. The topological polar surface area (TPSA) is 12.4 Å². The first-order chi connectivity index (χ1) is 6.85. The molecule has 0 bridgehead atoms. The van der Waals surface area contributed by atoms with Crippen molar-refractivity contribution < 1.29 is 0 Å². The van der Waals surface area contributed by atoms with Gasteiger partial charge in [0, 0.05) is 7.05 Å². The summed E-state index contributed by atoms with van der Waals surface area (Å²) in [5, 5.41) is 0. The molecule has 0 saturated carbocycles. The van der Waals surface area contributed by atoms with Gasteiger partial charge < -0.3 is 0 Å². The highest BCUT2D eigenvalue weighted by atomic mass is 14.6. The van der Waals surface area contributed by atoms with Gasteiger partial charge in [0.2, 0.25) is 0 Å². The minimum absolute atomic E-state index is 1.14. The van der Waals surface area contributed by atoms with Crippen LogP contribution < -0.4 is 0 Å². The molecule has 0 aromatic heterocycles. The van der Waals surface area contributed by atoms with Crippen LogP contribution in [-0.2, 0) is 6.42 Å². The van der Waals surface area contributed by atoms with Gasteiger partial charge in [-0.2, -0.15) is 0 Å². The molecule has 0 aliphatic rings. The van der Waals surface area contributed by atoms with Crippen LogP contribution in [0.5, 0.6) is 0 Å². The fraction of sp³-hybridized carbons (Fsp3) is 0.385. The van der Waals surface area contributed by atoms with E-state index < -0.39 is 0 Å². The molecule has 0 heterocycles. The van der Waals surface area contributed by atoms with Gasteiger partial charge in [-0.15, -0.1) is 0 Å². The van der Waals surface area contributed by atoms with E-state index in [0.29, 0.717) is 0 Å². The summed E-state index contributed by atoms with van der Waals surface area (Å²) < 4.78 is 0. The van der Waals surface area contributed by atoms with Crippen LogP contribution in [0, 0.1) is 0 Å². The molecule has 0 saturated heterocycles. The van der Waals surface area contributed by atoms with Gasteiger partial charge >= 0.3 is 0 Å². The first-order valence-corrected chi connectivity index (χ1v) is 5.00. The Hall–Kier alpha value is -1.33. The quantitative estimate of drug-likeness (QED) is 0.599. The second-order valence-electron chi connectivity index (χ2n) is 2.22. The number of nitrogens with zero attached hydrogens (tertiary/aromatic N) is 1. The molecule has 0 unspecified atom stereocenters. The third-order valence-electron chi connectivity index (χ3n) is 1.41. The Morgan fingerprint density at radius 3 is 1.86 bits per heavy atom. The lowest BCUT2D eigenvalue weighted by Gasteiger charge is -1.89. The first kappa shape index (κ1) is 15.2. The van der Waals surface area contributed by atoms with Crippen LogP contribution >= 0.6 is 0 Å². The second-order valence-corrected chi connectivity index (χ2v) is 2.22. The SMILES string of the molecule is C=C=NC.CC.CCc1ccccc1. The van der Waals surface area contributed by atoms with Crippen molar-refractivity contribution in [2.24, 2.45) is 4.99 Å². The number of hydrogen-bond donors (Lipinski definition) is 0. The predicted octanol–water partition coefficient (Wildman–Crippen LogP) is 3.75. The van der Waals surface area contributed by atoms with Crippen LogP contribution in [0.25, 0.3) is 0 Å². The predicted molar refractivity (Wildman–Crippen MR) is 66.2 cm³/mol. The van der Waals surface area contributed by atoms with E-state index in [0.717, 1.165) is 6.42 Å². The first-order valence-electron chi connectivity index (χ1n) is 5.00. The molecule has 0 fully saturated rings. The second kappa shape index (κ2) is 14.2. The maximum atomic E-state index is 3.38. The van der Waals surface area contributed by atoms with Crippen molar-refractivity contribution in [1.82, 2.24) is 0 Å². The monoisotopic (exact) mass is 191 g/mol. The summed E-state index contributed by atoms with van der Waals surface area (Å²) in [7, 11) is 1.63. The maximum absolute atomic E-state index is 3.38. The average Bonchev–Trinajstić information content (AvgIpc) is 2.33. The molecule has 0 radical (unpaired) electrons. The third kappa shape index (κ3) is 10.7. The van der Waals surface area contributed by atoms with E-state index in [2.05, 4.69) is 48.6 Å². The summed E-state index contributed by atoms with van der Waals surface area (Å²) in [5.41, 5.74) is 1.41. The third-order valence-corrected chi connectivity index (χ3v) is 1.41. The summed E-state index contributed by atoms with van der Waals surface area (Å²) in [6, 6.07) is 10.5. The van der Waals surface area contributed by atoms with Crippen LogP contribution in [0.3, 0.4) is 0 Å². The fourth-order valence-electron chi connectivity index (χ4n) is 0.714. The molecule has 1 aromatic rings. The highest BCUT2D eigenvalue weighted by Crippen LogP contribution is 1.96. The van der Waals surface area contributed by atoms with Crippen molar-refractivity contribution in [3.05, 3.63) is 42.5 Å². The lowest BCUT2D eigenvalue weighted by molar-refractivity contribution is 1.14. The molecule has 0 spiro atoms. The molecule has 0 aliphatic carbocycles. The van der Waals surface area contributed by atoms with Gasteiger partial charge in [0.05, 0.1) is 0 Å². The number of aliphatic imine (C=N–C) groups is 1. The van der Waals surface area contributed by atoms with Crippen LogP contribution in [0.2, 0.25) is 0 Å². The average molecular weight is 191 g/mol. The van der Waals surface area contributed by atoms with Crippen molar-refractivity contribution in [3.63, 3.8) is 0 Å². The van der Waals surface area contributed by atoms with Gasteiger partial charge in [0.25, 0.3) is 0 Å². The van der Waals surface area contributed by atoms with Gasteiger partial charge in [0.1, 0.15) is 0 Å². The number of hydrogen-bond acceptors (Lipinski definition) is 1. The lowest BCUT2D eigenvalue weighted by Crippen LogP contribution is -1.73. The van der Waals surface area contributed by atoms with Crippen LogP contribution in [0.4, 0.5) is 0 Å². The van der Waals surface area contributed by atoms with E-state index in [9.17, 15) is 0 Å². The molecule has 1 heteroatoms. The molecule has 0 amide bonds. The Bertz CT molecular complexity index is 233. The highest BCUT2D eigenvalue weighted by Gasteiger charge is 1.79. The molecular weight excluding hydrogens is 170 g/mol. The Morgan fingerprint density at radius 1 is 1.21 bits per heavy atom. The van der Waals surface area contributed by atoms with E-state index >= 15 is 0 Å². The lowest BCUT2D eigenvalue weighted by atomic mass is 10.2. The standard InChI is InChI=1S/C8H10.C3H5N.C2H6/c1-2-8-6-4-3-5-7-8;1-3-4-2;1-2/h3-7H,2H2,1H3;1H2,2H3;1-2H3. The minimum atomic E-state index is 1.14. The van der Waals surface area contributed by atoms with Gasteiger partial charge in [0.15, 0.2) is 0 Å².